The van der Waals surface area contributed by atoms with Crippen molar-refractivity contribution >= 4 is 34.4 Å². The van der Waals surface area contributed by atoms with Crippen LogP contribution in [0.5, 0.6) is 5.75 Å². The average molecular weight is 396 g/mol. The fourth-order valence-corrected chi connectivity index (χ4v) is 4.34. The van der Waals surface area contributed by atoms with Gasteiger partial charge in [-0.1, -0.05) is 24.3 Å². The van der Waals surface area contributed by atoms with Crippen LogP contribution in [0.1, 0.15) is 5.56 Å². The zero-order valence-electron chi connectivity index (χ0n) is 15.3. The van der Waals surface area contributed by atoms with Crippen LogP contribution >= 0.6 is 11.7 Å². The van der Waals surface area contributed by atoms with E-state index in [-0.39, 0.29) is 5.91 Å². The second kappa shape index (κ2) is 7.37. The Hall–Kier alpha value is -2.71. The third kappa shape index (κ3) is 3.18. The number of ether oxygens (including phenoxy) is 2. The van der Waals surface area contributed by atoms with Gasteiger partial charge in [-0.25, -0.2) is 0 Å². The van der Waals surface area contributed by atoms with Gasteiger partial charge in [0.2, 0.25) is 0 Å². The molecule has 0 radical (unpaired) electrons. The molecule has 8 heteroatoms. The van der Waals surface area contributed by atoms with Crippen LogP contribution in [0.3, 0.4) is 0 Å². The molecule has 0 unspecified atom stereocenters. The molecule has 5 rings (SSSR count). The third-order valence-corrected chi connectivity index (χ3v) is 5.73. The Morgan fingerprint density at radius 3 is 2.86 bits per heavy atom. The quantitative estimate of drug-likeness (QED) is 0.677. The standard InChI is InChI=1S/C20H20N4O3S/c25-20(23-8-10-26-11-9-23)18-13-24(16-6-1-2-7-17(16)27-18)12-14-4-3-5-15-19(14)22-28-21-15/h1-7,18H,8-13H2/t18-/m1/s1. The predicted molar refractivity (Wildman–Crippen MR) is 107 cm³/mol. The van der Waals surface area contributed by atoms with E-state index in [2.05, 4.69) is 19.7 Å². The Labute approximate surface area is 166 Å². The highest BCUT2D eigenvalue weighted by Gasteiger charge is 2.34. The lowest BCUT2D eigenvalue weighted by Crippen LogP contribution is -2.52. The van der Waals surface area contributed by atoms with Crippen molar-refractivity contribution in [1.29, 1.82) is 0 Å². The number of carbonyl (C=O) groups excluding carboxylic acids is 1. The van der Waals surface area contributed by atoms with Crippen LogP contribution in [0.15, 0.2) is 42.5 Å². The number of anilines is 1. The highest BCUT2D eigenvalue weighted by atomic mass is 32.1. The van der Waals surface area contributed by atoms with Crippen molar-refractivity contribution in [3.8, 4) is 5.75 Å². The van der Waals surface area contributed by atoms with E-state index in [1.807, 2.05) is 41.3 Å². The van der Waals surface area contributed by atoms with Gasteiger partial charge >= 0.3 is 0 Å². The monoisotopic (exact) mass is 396 g/mol. The number of fused-ring (bicyclic) bond motifs is 2. The summed E-state index contributed by atoms with van der Waals surface area (Å²) >= 11 is 1.22. The molecule has 144 valence electrons. The molecule has 1 saturated heterocycles. The van der Waals surface area contributed by atoms with Gasteiger partial charge in [-0.3, -0.25) is 4.79 Å². The molecule has 1 fully saturated rings. The summed E-state index contributed by atoms with van der Waals surface area (Å²) < 4.78 is 20.2. The number of hydrogen-bond donors (Lipinski definition) is 0. The van der Waals surface area contributed by atoms with E-state index in [0.717, 1.165) is 28.0 Å². The summed E-state index contributed by atoms with van der Waals surface area (Å²) in [7, 11) is 0. The molecule has 0 spiro atoms. The topological polar surface area (TPSA) is 67.8 Å². The number of aromatic nitrogens is 2. The van der Waals surface area contributed by atoms with Crippen LogP contribution in [-0.2, 0) is 16.1 Å². The summed E-state index contributed by atoms with van der Waals surface area (Å²) in [6, 6.07) is 13.9. The van der Waals surface area contributed by atoms with Gasteiger partial charge in [0.25, 0.3) is 5.91 Å². The Kier molecular flexibility index (Phi) is 4.58. The number of hydrogen-bond acceptors (Lipinski definition) is 7. The number of carbonyl (C=O) groups is 1. The lowest BCUT2D eigenvalue weighted by Gasteiger charge is -2.38. The van der Waals surface area contributed by atoms with Crippen molar-refractivity contribution in [3.05, 3.63) is 48.0 Å². The molecule has 0 bridgehead atoms. The molecule has 3 aromatic rings. The molecule has 2 aliphatic rings. The maximum atomic E-state index is 13.0. The van der Waals surface area contributed by atoms with Gasteiger partial charge in [-0.2, -0.15) is 8.75 Å². The summed E-state index contributed by atoms with van der Waals surface area (Å²) in [6.45, 7) is 3.54. The molecule has 7 nitrogen and oxygen atoms in total. The van der Waals surface area contributed by atoms with E-state index in [9.17, 15) is 4.79 Å². The van der Waals surface area contributed by atoms with Gasteiger partial charge in [-0.15, -0.1) is 0 Å². The number of amides is 1. The van der Waals surface area contributed by atoms with E-state index in [0.29, 0.717) is 39.4 Å². The first-order valence-corrected chi connectivity index (χ1v) is 10.1. The van der Waals surface area contributed by atoms with Crippen molar-refractivity contribution in [2.24, 2.45) is 0 Å². The number of nitrogens with zero attached hydrogens (tertiary/aromatic N) is 4. The van der Waals surface area contributed by atoms with Gasteiger partial charge in [0.15, 0.2) is 6.10 Å². The molecule has 1 atom stereocenters. The maximum absolute atomic E-state index is 13.0. The molecule has 28 heavy (non-hydrogen) atoms. The first-order chi connectivity index (χ1) is 13.8. The number of morpholine rings is 1. The molecule has 0 N–H and O–H groups in total. The Morgan fingerprint density at radius 1 is 1.11 bits per heavy atom. The summed E-state index contributed by atoms with van der Waals surface area (Å²) in [5.74, 6) is 0.764. The first kappa shape index (κ1) is 17.4. The molecule has 1 amide bonds. The SMILES string of the molecule is O=C([C@H]1CN(Cc2cccc3nsnc23)c2ccccc2O1)N1CCOCC1. The minimum absolute atomic E-state index is 0.0244. The van der Waals surface area contributed by atoms with Crippen LogP contribution in [0.25, 0.3) is 11.0 Å². The number of para-hydroxylation sites is 2. The normalized spacial score (nSPS) is 19.4. The van der Waals surface area contributed by atoms with E-state index < -0.39 is 6.10 Å². The van der Waals surface area contributed by atoms with E-state index >= 15 is 0 Å². The van der Waals surface area contributed by atoms with Gasteiger partial charge in [0, 0.05) is 25.2 Å². The largest absolute Gasteiger partial charge is 0.477 e. The second-order valence-electron chi connectivity index (χ2n) is 6.94. The van der Waals surface area contributed by atoms with Gasteiger partial charge in [-0.05, 0) is 18.2 Å². The van der Waals surface area contributed by atoms with E-state index in [1.165, 1.54) is 11.7 Å². The summed E-state index contributed by atoms with van der Waals surface area (Å²) in [4.78, 5) is 17.1. The van der Waals surface area contributed by atoms with Gasteiger partial charge in [0.1, 0.15) is 16.8 Å². The van der Waals surface area contributed by atoms with Crippen molar-refractivity contribution in [2.75, 3.05) is 37.7 Å². The summed E-state index contributed by atoms with van der Waals surface area (Å²) in [6.07, 6.45) is -0.527. The lowest BCUT2D eigenvalue weighted by molar-refractivity contribution is -0.142. The van der Waals surface area contributed by atoms with Crippen LogP contribution in [0.4, 0.5) is 5.69 Å². The minimum atomic E-state index is -0.527. The van der Waals surface area contributed by atoms with Crippen molar-refractivity contribution < 1.29 is 14.3 Å². The van der Waals surface area contributed by atoms with Gasteiger partial charge < -0.3 is 19.3 Å². The van der Waals surface area contributed by atoms with Crippen LogP contribution in [0, 0.1) is 0 Å². The molecule has 2 aliphatic heterocycles. The fourth-order valence-electron chi connectivity index (χ4n) is 3.77. The number of benzene rings is 2. The Balaban J connectivity index is 1.44. The van der Waals surface area contributed by atoms with Crippen molar-refractivity contribution in [1.82, 2.24) is 13.6 Å². The highest BCUT2D eigenvalue weighted by Crippen LogP contribution is 2.35. The third-order valence-electron chi connectivity index (χ3n) is 5.19. The maximum Gasteiger partial charge on any atom is 0.265 e. The second-order valence-corrected chi connectivity index (χ2v) is 7.47. The predicted octanol–water partition coefficient (Wildman–Crippen LogP) is 2.32. The van der Waals surface area contributed by atoms with Crippen molar-refractivity contribution in [2.45, 2.75) is 12.6 Å². The molecule has 2 aromatic carbocycles. The summed E-state index contributed by atoms with van der Waals surface area (Å²) in [5.41, 5.74) is 3.92. The summed E-state index contributed by atoms with van der Waals surface area (Å²) in [5, 5.41) is 0. The van der Waals surface area contributed by atoms with E-state index in [4.69, 9.17) is 9.47 Å². The van der Waals surface area contributed by atoms with Crippen LogP contribution < -0.4 is 9.64 Å². The number of rotatable bonds is 3. The molecular formula is C20H20N4O3S. The Morgan fingerprint density at radius 2 is 1.96 bits per heavy atom. The van der Waals surface area contributed by atoms with Crippen molar-refractivity contribution in [3.63, 3.8) is 0 Å². The average Bonchev–Trinajstić information content (AvgIpc) is 3.24. The minimum Gasteiger partial charge on any atom is -0.477 e. The first-order valence-electron chi connectivity index (χ1n) is 9.37. The highest BCUT2D eigenvalue weighted by molar-refractivity contribution is 7.00. The van der Waals surface area contributed by atoms with Crippen LogP contribution in [-0.4, -0.2) is 58.5 Å². The molecule has 1 aromatic heterocycles. The Bertz CT molecular complexity index is 1000. The van der Waals surface area contributed by atoms with Crippen LogP contribution in [0.2, 0.25) is 0 Å². The zero-order valence-corrected chi connectivity index (χ0v) is 16.1. The van der Waals surface area contributed by atoms with E-state index in [1.54, 1.807) is 0 Å². The molecular weight excluding hydrogens is 376 g/mol. The smallest absolute Gasteiger partial charge is 0.265 e. The fraction of sp³-hybridized carbons (Fsp3) is 0.350. The molecule has 0 aliphatic carbocycles. The zero-order chi connectivity index (χ0) is 18.9. The molecule has 3 heterocycles. The molecule has 0 saturated carbocycles. The lowest BCUT2D eigenvalue weighted by atomic mass is 10.1. The van der Waals surface area contributed by atoms with Gasteiger partial charge in [0.05, 0.1) is 37.2 Å².